The molecule has 1 saturated heterocycles. The van der Waals surface area contributed by atoms with Gasteiger partial charge in [-0.3, -0.25) is 9.59 Å². The van der Waals surface area contributed by atoms with Crippen LogP contribution in [0.2, 0.25) is 0 Å². The summed E-state index contributed by atoms with van der Waals surface area (Å²) in [5, 5.41) is 0. The van der Waals surface area contributed by atoms with Crippen molar-refractivity contribution in [3.05, 3.63) is 47.9 Å². The number of fused-ring (bicyclic) bond motifs is 1. The Morgan fingerprint density at radius 1 is 1.00 bits per heavy atom. The van der Waals surface area contributed by atoms with Crippen LogP contribution >= 0.6 is 0 Å². The number of amides is 2. The highest BCUT2D eigenvalue weighted by atomic mass is 16.7. The Morgan fingerprint density at radius 2 is 1.73 bits per heavy atom. The normalized spacial score (nSPS) is 17.3. The fraction of sp³-hybridized carbons (Fsp3) is 0.368. The molecular formula is C19H20N2O5. The fourth-order valence-electron chi connectivity index (χ4n) is 3.28. The van der Waals surface area contributed by atoms with Crippen LogP contribution in [-0.2, 0) is 4.79 Å². The number of piperazine rings is 1. The third kappa shape index (κ3) is 3.00. The van der Waals surface area contributed by atoms with Crippen molar-refractivity contribution in [2.45, 2.75) is 12.8 Å². The molecule has 1 aromatic carbocycles. The Kier molecular flexibility index (Phi) is 4.28. The average Bonchev–Trinajstić information content (AvgIpc) is 3.37. The summed E-state index contributed by atoms with van der Waals surface area (Å²) in [7, 11) is 0. The molecule has 2 aliphatic rings. The standard InChI is InChI=1S/C19H20N2O5/c1-13(14-4-5-15-17(11-14)26-12-25-15)18(22)20-6-8-21(9-7-20)19(23)16-3-2-10-24-16/h2-5,10-11,13H,6-9,12H2,1H3. The Morgan fingerprint density at radius 3 is 2.46 bits per heavy atom. The van der Waals surface area contributed by atoms with Crippen LogP contribution in [0.3, 0.4) is 0 Å². The van der Waals surface area contributed by atoms with Gasteiger partial charge in [0.05, 0.1) is 12.2 Å². The molecule has 0 bridgehead atoms. The molecule has 2 aliphatic heterocycles. The number of carbonyl (C=O) groups is 2. The third-order valence-corrected chi connectivity index (χ3v) is 4.88. The van der Waals surface area contributed by atoms with E-state index in [2.05, 4.69) is 0 Å². The number of hydrogen-bond acceptors (Lipinski definition) is 5. The molecule has 7 heteroatoms. The van der Waals surface area contributed by atoms with Crippen molar-refractivity contribution in [1.29, 1.82) is 0 Å². The summed E-state index contributed by atoms with van der Waals surface area (Å²) in [4.78, 5) is 28.7. The minimum Gasteiger partial charge on any atom is -0.459 e. The second-order valence-electron chi connectivity index (χ2n) is 6.43. The summed E-state index contributed by atoms with van der Waals surface area (Å²) >= 11 is 0. The lowest BCUT2D eigenvalue weighted by atomic mass is 9.99. The summed E-state index contributed by atoms with van der Waals surface area (Å²) < 4.78 is 15.9. The smallest absolute Gasteiger partial charge is 0.289 e. The maximum absolute atomic E-state index is 12.8. The lowest BCUT2D eigenvalue weighted by Crippen LogP contribution is -2.51. The zero-order valence-electron chi connectivity index (χ0n) is 14.5. The van der Waals surface area contributed by atoms with Crippen LogP contribution in [-0.4, -0.2) is 54.6 Å². The van der Waals surface area contributed by atoms with Crippen LogP contribution in [0, 0.1) is 0 Å². The number of carbonyl (C=O) groups excluding carboxylic acids is 2. The minimum absolute atomic E-state index is 0.0500. The van der Waals surface area contributed by atoms with Gasteiger partial charge < -0.3 is 23.7 Å². The third-order valence-electron chi connectivity index (χ3n) is 4.88. The van der Waals surface area contributed by atoms with E-state index < -0.39 is 0 Å². The molecular weight excluding hydrogens is 336 g/mol. The molecule has 2 amide bonds. The Labute approximate surface area is 151 Å². The number of benzene rings is 1. The predicted octanol–water partition coefficient (Wildman–Crippen LogP) is 2.10. The Balaban J connectivity index is 1.38. The molecule has 2 aromatic rings. The monoisotopic (exact) mass is 356 g/mol. The lowest BCUT2D eigenvalue weighted by Gasteiger charge is -2.35. The summed E-state index contributed by atoms with van der Waals surface area (Å²) in [5.41, 5.74) is 0.897. The van der Waals surface area contributed by atoms with Crippen LogP contribution < -0.4 is 9.47 Å². The molecule has 3 heterocycles. The summed E-state index contributed by atoms with van der Waals surface area (Å²) in [6.45, 7) is 4.13. The minimum atomic E-state index is -0.281. The average molecular weight is 356 g/mol. The zero-order chi connectivity index (χ0) is 18.1. The van der Waals surface area contributed by atoms with Crippen molar-refractivity contribution in [3.8, 4) is 11.5 Å². The van der Waals surface area contributed by atoms with Gasteiger partial charge in [-0.05, 0) is 36.8 Å². The van der Waals surface area contributed by atoms with Gasteiger partial charge in [0.25, 0.3) is 5.91 Å². The first-order valence-corrected chi connectivity index (χ1v) is 8.64. The van der Waals surface area contributed by atoms with Crippen molar-refractivity contribution in [3.63, 3.8) is 0 Å². The molecule has 4 rings (SSSR count). The first kappa shape index (κ1) is 16.5. The second kappa shape index (κ2) is 6.74. The van der Waals surface area contributed by atoms with Gasteiger partial charge in [-0.15, -0.1) is 0 Å². The van der Waals surface area contributed by atoms with E-state index >= 15 is 0 Å². The maximum Gasteiger partial charge on any atom is 0.289 e. The van der Waals surface area contributed by atoms with Gasteiger partial charge >= 0.3 is 0 Å². The van der Waals surface area contributed by atoms with Gasteiger partial charge in [0, 0.05) is 26.2 Å². The first-order chi connectivity index (χ1) is 12.6. The number of nitrogens with zero attached hydrogens (tertiary/aromatic N) is 2. The zero-order valence-corrected chi connectivity index (χ0v) is 14.5. The van der Waals surface area contributed by atoms with Crippen LogP contribution in [0.4, 0.5) is 0 Å². The topological polar surface area (TPSA) is 72.2 Å². The van der Waals surface area contributed by atoms with Gasteiger partial charge in [0.1, 0.15) is 0 Å². The van der Waals surface area contributed by atoms with Gasteiger partial charge in [-0.2, -0.15) is 0 Å². The van der Waals surface area contributed by atoms with Crippen molar-refractivity contribution in [2.24, 2.45) is 0 Å². The van der Waals surface area contributed by atoms with Crippen LogP contribution in [0.1, 0.15) is 29.0 Å². The highest BCUT2D eigenvalue weighted by molar-refractivity contribution is 5.91. The molecule has 1 aromatic heterocycles. The van der Waals surface area contributed by atoms with Crippen molar-refractivity contribution in [1.82, 2.24) is 9.80 Å². The summed E-state index contributed by atoms with van der Waals surface area (Å²) in [6.07, 6.45) is 1.49. The lowest BCUT2D eigenvalue weighted by molar-refractivity contribution is -0.133. The van der Waals surface area contributed by atoms with E-state index in [0.29, 0.717) is 43.4 Å². The number of ether oxygens (including phenoxy) is 2. The van der Waals surface area contributed by atoms with Gasteiger partial charge in [0.15, 0.2) is 17.3 Å². The van der Waals surface area contributed by atoms with E-state index in [4.69, 9.17) is 13.9 Å². The number of hydrogen-bond donors (Lipinski definition) is 0. The molecule has 0 spiro atoms. The van der Waals surface area contributed by atoms with E-state index in [-0.39, 0.29) is 24.5 Å². The number of rotatable bonds is 3. The van der Waals surface area contributed by atoms with Gasteiger partial charge in [0.2, 0.25) is 12.7 Å². The highest BCUT2D eigenvalue weighted by Crippen LogP contribution is 2.35. The van der Waals surface area contributed by atoms with Crippen molar-refractivity contribution >= 4 is 11.8 Å². The Hall–Kier alpha value is -2.96. The molecule has 1 atom stereocenters. The van der Waals surface area contributed by atoms with Gasteiger partial charge in [-0.25, -0.2) is 0 Å². The Bertz CT molecular complexity index is 809. The first-order valence-electron chi connectivity index (χ1n) is 8.64. The van der Waals surface area contributed by atoms with Crippen molar-refractivity contribution in [2.75, 3.05) is 33.0 Å². The molecule has 0 N–H and O–H groups in total. The quantitative estimate of drug-likeness (QED) is 0.842. The molecule has 7 nitrogen and oxygen atoms in total. The van der Waals surface area contributed by atoms with E-state index in [1.165, 1.54) is 6.26 Å². The molecule has 26 heavy (non-hydrogen) atoms. The molecule has 0 saturated carbocycles. The maximum atomic E-state index is 12.8. The van der Waals surface area contributed by atoms with Crippen LogP contribution in [0.25, 0.3) is 0 Å². The predicted molar refractivity (Wildman–Crippen MR) is 92.2 cm³/mol. The molecule has 1 fully saturated rings. The van der Waals surface area contributed by atoms with Crippen molar-refractivity contribution < 1.29 is 23.5 Å². The molecule has 0 aliphatic carbocycles. The second-order valence-corrected chi connectivity index (χ2v) is 6.43. The van der Waals surface area contributed by atoms with Crippen LogP contribution in [0.5, 0.6) is 11.5 Å². The van der Waals surface area contributed by atoms with E-state index in [1.54, 1.807) is 21.9 Å². The summed E-state index contributed by atoms with van der Waals surface area (Å²) in [6, 6.07) is 8.94. The summed E-state index contributed by atoms with van der Waals surface area (Å²) in [5.74, 6) is 1.35. The van der Waals surface area contributed by atoms with Gasteiger partial charge in [-0.1, -0.05) is 6.07 Å². The van der Waals surface area contributed by atoms with Crippen LogP contribution in [0.15, 0.2) is 41.0 Å². The molecule has 0 radical (unpaired) electrons. The number of furan rings is 1. The highest BCUT2D eigenvalue weighted by Gasteiger charge is 2.29. The molecule has 1 unspecified atom stereocenters. The van der Waals surface area contributed by atoms with E-state index in [9.17, 15) is 9.59 Å². The largest absolute Gasteiger partial charge is 0.459 e. The fourth-order valence-corrected chi connectivity index (χ4v) is 3.28. The van der Waals surface area contributed by atoms with E-state index in [0.717, 1.165) is 5.56 Å². The van der Waals surface area contributed by atoms with E-state index in [1.807, 2.05) is 25.1 Å². The SMILES string of the molecule is CC(C(=O)N1CCN(C(=O)c2ccco2)CC1)c1ccc2c(c1)OCO2. The molecule has 136 valence electrons.